The lowest BCUT2D eigenvalue weighted by atomic mass is 9.97. The molecule has 5 heteroatoms. The van der Waals surface area contributed by atoms with Gasteiger partial charge in [0.15, 0.2) is 0 Å². The van der Waals surface area contributed by atoms with Crippen molar-refractivity contribution in [2.75, 3.05) is 0 Å². The van der Waals surface area contributed by atoms with Crippen LogP contribution in [0.2, 0.25) is 0 Å². The highest BCUT2D eigenvalue weighted by molar-refractivity contribution is 5.74. The van der Waals surface area contributed by atoms with E-state index in [0.717, 1.165) is 12.8 Å². The molecule has 1 rings (SSSR count). The summed E-state index contributed by atoms with van der Waals surface area (Å²) < 4.78 is 0. The average molecular weight is 284 g/mol. The molecule has 5 nitrogen and oxygen atoms in total. The average Bonchev–Trinajstić information content (AvgIpc) is 2.31. The van der Waals surface area contributed by atoms with Crippen molar-refractivity contribution in [3.05, 3.63) is 0 Å². The molecule has 0 aromatic heterocycles. The van der Waals surface area contributed by atoms with Gasteiger partial charge < -0.3 is 15.7 Å². The Hall–Kier alpha value is -1.26. The second kappa shape index (κ2) is 9.61. The van der Waals surface area contributed by atoms with Crippen molar-refractivity contribution < 1.29 is 14.7 Å². The van der Waals surface area contributed by atoms with Crippen LogP contribution in [0.4, 0.5) is 4.79 Å². The zero-order chi connectivity index (χ0) is 14.8. The monoisotopic (exact) mass is 284 g/mol. The first-order valence-electron chi connectivity index (χ1n) is 7.86. The number of nitrogens with one attached hydrogen (secondary N) is 2. The molecular formula is C15H28N2O3. The van der Waals surface area contributed by atoms with Gasteiger partial charge >= 0.3 is 12.0 Å². The number of carboxylic acid groups (broad SMARTS) is 1. The molecule has 1 fully saturated rings. The van der Waals surface area contributed by atoms with Gasteiger partial charge in [0.1, 0.15) is 0 Å². The first-order valence-corrected chi connectivity index (χ1v) is 7.86. The van der Waals surface area contributed by atoms with Crippen LogP contribution in [0, 0.1) is 0 Å². The van der Waals surface area contributed by atoms with Gasteiger partial charge in [-0.2, -0.15) is 0 Å². The molecule has 1 unspecified atom stereocenters. The smallest absolute Gasteiger partial charge is 0.315 e. The third-order valence-corrected chi connectivity index (χ3v) is 3.85. The molecule has 1 aliphatic carbocycles. The summed E-state index contributed by atoms with van der Waals surface area (Å²) in [5, 5.41) is 14.5. The van der Waals surface area contributed by atoms with E-state index in [1.165, 1.54) is 32.1 Å². The summed E-state index contributed by atoms with van der Waals surface area (Å²) in [5.41, 5.74) is 0. The number of carbonyl (C=O) groups is 2. The van der Waals surface area contributed by atoms with Gasteiger partial charge in [-0.3, -0.25) is 4.79 Å². The van der Waals surface area contributed by atoms with Crippen LogP contribution in [-0.4, -0.2) is 29.2 Å². The number of carbonyl (C=O) groups excluding carboxylic acids is 1. The number of hydrogen-bond donors (Lipinski definition) is 3. The summed E-state index contributed by atoms with van der Waals surface area (Å²) in [6.45, 7) is 1.92. The molecule has 116 valence electrons. The van der Waals surface area contributed by atoms with E-state index in [2.05, 4.69) is 10.6 Å². The first-order chi connectivity index (χ1) is 9.58. The fourth-order valence-electron chi connectivity index (χ4n) is 2.68. The Kier molecular flexibility index (Phi) is 8.07. The molecule has 3 N–H and O–H groups in total. The van der Waals surface area contributed by atoms with Crippen LogP contribution in [-0.2, 0) is 4.79 Å². The largest absolute Gasteiger partial charge is 0.481 e. The molecule has 0 aromatic carbocycles. The number of urea groups is 1. The van der Waals surface area contributed by atoms with E-state index in [1.54, 1.807) is 0 Å². The molecule has 0 heterocycles. The number of hydrogen-bond acceptors (Lipinski definition) is 2. The minimum absolute atomic E-state index is 0.0166. The second-order valence-electron chi connectivity index (χ2n) is 5.85. The lowest BCUT2D eigenvalue weighted by molar-refractivity contribution is -0.137. The van der Waals surface area contributed by atoms with Crippen molar-refractivity contribution in [2.24, 2.45) is 0 Å². The van der Waals surface area contributed by atoms with Crippen molar-refractivity contribution in [1.29, 1.82) is 0 Å². The fourth-order valence-corrected chi connectivity index (χ4v) is 2.68. The highest BCUT2D eigenvalue weighted by Gasteiger charge is 2.15. The molecule has 0 radical (unpaired) electrons. The van der Waals surface area contributed by atoms with Crippen LogP contribution in [0.3, 0.4) is 0 Å². The highest BCUT2D eigenvalue weighted by Crippen LogP contribution is 2.17. The van der Waals surface area contributed by atoms with Crippen LogP contribution in [0.5, 0.6) is 0 Å². The maximum Gasteiger partial charge on any atom is 0.315 e. The van der Waals surface area contributed by atoms with Gasteiger partial charge in [-0.1, -0.05) is 32.1 Å². The van der Waals surface area contributed by atoms with Crippen molar-refractivity contribution in [1.82, 2.24) is 10.6 Å². The van der Waals surface area contributed by atoms with Gasteiger partial charge in [0, 0.05) is 18.5 Å². The standard InChI is InChI=1S/C15H28N2O3/c1-12(8-7-11-14(18)19)16-15(20)17-13-9-5-3-2-4-6-10-13/h12-13H,2-11H2,1H3,(H,18,19)(H2,16,17,20). The zero-order valence-electron chi connectivity index (χ0n) is 12.5. The van der Waals surface area contributed by atoms with E-state index in [9.17, 15) is 9.59 Å². The third-order valence-electron chi connectivity index (χ3n) is 3.85. The van der Waals surface area contributed by atoms with Gasteiger partial charge in [0.05, 0.1) is 0 Å². The minimum Gasteiger partial charge on any atom is -0.481 e. The number of rotatable bonds is 6. The molecule has 20 heavy (non-hydrogen) atoms. The maximum atomic E-state index is 11.9. The summed E-state index contributed by atoms with van der Waals surface area (Å²) in [6.07, 6.45) is 9.84. The van der Waals surface area contributed by atoms with Gasteiger partial charge in [-0.15, -0.1) is 0 Å². The molecule has 0 spiro atoms. The van der Waals surface area contributed by atoms with Crippen molar-refractivity contribution >= 4 is 12.0 Å². The fraction of sp³-hybridized carbons (Fsp3) is 0.867. The first kappa shape index (κ1) is 16.8. The minimum atomic E-state index is -0.781. The maximum absolute atomic E-state index is 11.9. The van der Waals surface area contributed by atoms with E-state index in [0.29, 0.717) is 18.9 Å². The summed E-state index contributed by atoms with van der Waals surface area (Å²) >= 11 is 0. The van der Waals surface area contributed by atoms with Crippen LogP contribution in [0.15, 0.2) is 0 Å². The van der Waals surface area contributed by atoms with E-state index >= 15 is 0 Å². The van der Waals surface area contributed by atoms with E-state index in [4.69, 9.17) is 5.11 Å². The second-order valence-corrected chi connectivity index (χ2v) is 5.85. The zero-order valence-corrected chi connectivity index (χ0v) is 12.5. The van der Waals surface area contributed by atoms with Gasteiger partial charge in [0.2, 0.25) is 0 Å². The number of aliphatic carboxylic acids is 1. The van der Waals surface area contributed by atoms with E-state index < -0.39 is 5.97 Å². The Bertz CT molecular complexity index is 299. The van der Waals surface area contributed by atoms with Gasteiger partial charge in [-0.05, 0) is 32.6 Å². The Balaban J connectivity index is 2.18. The molecule has 0 aromatic rings. The Morgan fingerprint density at radius 2 is 1.75 bits per heavy atom. The Morgan fingerprint density at radius 1 is 1.15 bits per heavy atom. The summed E-state index contributed by atoms with van der Waals surface area (Å²) in [5.74, 6) is -0.781. The normalized spacial score (nSPS) is 18.6. The lowest BCUT2D eigenvalue weighted by Gasteiger charge is -2.22. The molecular weight excluding hydrogens is 256 g/mol. The topological polar surface area (TPSA) is 78.4 Å². The molecule has 2 amide bonds. The van der Waals surface area contributed by atoms with Crippen LogP contribution in [0.25, 0.3) is 0 Å². The SMILES string of the molecule is CC(CCCC(=O)O)NC(=O)NC1CCCCCCC1. The van der Waals surface area contributed by atoms with Crippen LogP contribution in [0.1, 0.15) is 71.1 Å². The molecule has 1 saturated carbocycles. The molecule has 0 saturated heterocycles. The Labute approximate surface area is 121 Å². The third kappa shape index (κ3) is 8.02. The Morgan fingerprint density at radius 3 is 2.35 bits per heavy atom. The summed E-state index contributed by atoms with van der Waals surface area (Å²) in [6, 6.07) is 0.197. The van der Waals surface area contributed by atoms with Crippen molar-refractivity contribution in [2.45, 2.75) is 83.2 Å². The number of amides is 2. The van der Waals surface area contributed by atoms with E-state index in [-0.39, 0.29) is 18.5 Å². The van der Waals surface area contributed by atoms with Crippen LogP contribution >= 0.6 is 0 Å². The molecule has 1 atom stereocenters. The highest BCUT2D eigenvalue weighted by atomic mass is 16.4. The van der Waals surface area contributed by atoms with E-state index in [1.807, 2.05) is 6.92 Å². The molecule has 0 bridgehead atoms. The summed E-state index contributed by atoms with van der Waals surface area (Å²) in [7, 11) is 0. The van der Waals surface area contributed by atoms with Gasteiger partial charge in [-0.25, -0.2) is 4.79 Å². The van der Waals surface area contributed by atoms with Crippen LogP contribution < -0.4 is 10.6 Å². The predicted octanol–water partition coefficient (Wildman–Crippen LogP) is 3.04. The lowest BCUT2D eigenvalue weighted by Crippen LogP contribution is -2.45. The van der Waals surface area contributed by atoms with Gasteiger partial charge in [0.25, 0.3) is 0 Å². The quantitative estimate of drug-likeness (QED) is 0.701. The predicted molar refractivity (Wildman–Crippen MR) is 78.7 cm³/mol. The summed E-state index contributed by atoms with van der Waals surface area (Å²) in [4.78, 5) is 22.3. The van der Waals surface area contributed by atoms with Crippen molar-refractivity contribution in [3.63, 3.8) is 0 Å². The molecule has 1 aliphatic rings. The van der Waals surface area contributed by atoms with Crippen molar-refractivity contribution in [3.8, 4) is 0 Å². The number of carboxylic acids is 1. The molecule has 0 aliphatic heterocycles.